The van der Waals surface area contributed by atoms with Crippen LogP contribution in [0.1, 0.15) is 56.2 Å². The Kier molecular flexibility index (Phi) is 4.16. The number of carbonyl (C=O) groups is 1. The topological polar surface area (TPSA) is 63.3 Å². The van der Waals surface area contributed by atoms with Crippen molar-refractivity contribution in [1.29, 1.82) is 0 Å². The molecule has 0 spiro atoms. The van der Waals surface area contributed by atoms with Gasteiger partial charge in [-0.15, -0.1) is 0 Å². The number of benzene rings is 1. The van der Waals surface area contributed by atoms with Crippen LogP contribution in [-0.2, 0) is 11.2 Å². The van der Waals surface area contributed by atoms with Crippen LogP contribution < -0.4 is 5.73 Å². The summed E-state index contributed by atoms with van der Waals surface area (Å²) in [6.45, 7) is 8.18. The van der Waals surface area contributed by atoms with Gasteiger partial charge in [0.1, 0.15) is 5.75 Å². The van der Waals surface area contributed by atoms with E-state index in [0.29, 0.717) is 0 Å². The molecule has 0 saturated heterocycles. The molecule has 0 aliphatic rings. The summed E-state index contributed by atoms with van der Waals surface area (Å²) in [5.74, 6) is 0.438. The largest absolute Gasteiger partial charge is 0.508 e. The van der Waals surface area contributed by atoms with Crippen LogP contribution in [0.4, 0.5) is 0 Å². The van der Waals surface area contributed by atoms with Crippen molar-refractivity contribution in [2.75, 3.05) is 0 Å². The fraction of sp³-hybridized carbons (Fsp3) is 0.500. The van der Waals surface area contributed by atoms with E-state index in [9.17, 15) is 9.90 Å². The van der Waals surface area contributed by atoms with Gasteiger partial charge in [-0.1, -0.05) is 27.7 Å². The fourth-order valence-electron chi connectivity index (χ4n) is 2.11. The standard InChI is InChI=1S/C14H21NO2/c1-8(2)11-5-10(16)6-12(9(3)4)13(11)7-14(15)17/h5-6,8-9,16H,7H2,1-4H3,(H2,15,17). The molecular weight excluding hydrogens is 214 g/mol. The van der Waals surface area contributed by atoms with E-state index in [1.807, 2.05) is 27.7 Å². The number of hydrogen-bond acceptors (Lipinski definition) is 2. The number of hydrogen-bond donors (Lipinski definition) is 2. The monoisotopic (exact) mass is 235 g/mol. The minimum atomic E-state index is -0.334. The fourth-order valence-corrected chi connectivity index (χ4v) is 2.11. The maximum Gasteiger partial charge on any atom is 0.221 e. The highest BCUT2D eigenvalue weighted by molar-refractivity contribution is 5.77. The molecule has 1 aromatic rings. The van der Waals surface area contributed by atoms with Gasteiger partial charge in [0.2, 0.25) is 5.91 Å². The molecule has 0 unspecified atom stereocenters. The summed E-state index contributed by atoms with van der Waals surface area (Å²) in [7, 11) is 0. The van der Waals surface area contributed by atoms with Crippen LogP contribution in [0.5, 0.6) is 5.75 Å². The number of amides is 1. The highest BCUT2D eigenvalue weighted by Crippen LogP contribution is 2.32. The van der Waals surface area contributed by atoms with Crippen molar-refractivity contribution < 1.29 is 9.90 Å². The third-order valence-electron chi connectivity index (χ3n) is 2.90. The van der Waals surface area contributed by atoms with Crippen LogP contribution in [0.2, 0.25) is 0 Å². The molecule has 0 radical (unpaired) electrons. The molecule has 0 aromatic heterocycles. The van der Waals surface area contributed by atoms with Crippen LogP contribution >= 0.6 is 0 Å². The number of nitrogens with two attached hydrogens (primary N) is 1. The van der Waals surface area contributed by atoms with Crippen LogP contribution in [-0.4, -0.2) is 11.0 Å². The van der Waals surface area contributed by atoms with Gasteiger partial charge in [-0.05, 0) is 40.7 Å². The number of phenolic OH excluding ortho intramolecular Hbond substituents is 1. The van der Waals surface area contributed by atoms with Gasteiger partial charge in [-0.3, -0.25) is 4.79 Å². The molecule has 1 aromatic carbocycles. The van der Waals surface area contributed by atoms with E-state index in [1.54, 1.807) is 12.1 Å². The molecule has 17 heavy (non-hydrogen) atoms. The predicted octanol–water partition coefficient (Wildman–Crippen LogP) is 2.67. The lowest BCUT2D eigenvalue weighted by molar-refractivity contribution is -0.117. The van der Waals surface area contributed by atoms with Gasteiger partial charge in [0.25, 0.3) is 0 Å². The lowest BCUT2D eigenvalue weighted by atomic mass is 9.86. The Labute approximate surface area is 103 Å². The number of primary amides is 1. The van der Waals surface area contributed by atoms with Gasteiger partial charge in [0.05, 0.1) is 6.42 Å². The zero-order valence-electron chi connectivity index (χ0n) is 10.9. The second-order valence-corrected chi connectivity index (χ2v) is 5.06. The van der Waals surface area contributed by atoms with Crippen molar-refractivity contribution >= 4 is 5.91 Å². The zero-order chi connectivity index (χ0) is 13.2. The highest BCUT2D eigenvalue weighted by atomic mass is 16.3. The second kappa shape index (κ2) is 5.21. The average molecular weight is 235 g/mol. The van der Waals surface area contributed by atoms with E-state index in [-0.39, 0.29) is 29.9 Å². The first-order valence-electron chi connectivity index (χ1n) is 5.96. The van der Waals surface area contributed by atoms with Crippen molar-refractivity contribution in [2.24, 2.45) is 5.73 Å². The minimum absolute atomic E-state index is 0.237. The van der Waals surface area contributed by atoms with Crippen LogP contribution in [0.25, 0.3) is 0 Å². The van der Waals surface area contributed by atoms with E-state index in [4.69, 9.17) is 5.73 Å². The Hall–Kier alpha value is -1.51. The highest BCUT2D eigenvalue weighted by Gasteiger charge is 2.17. The Balaban J connectivity index is 3.41. The van der Waals surface area contributed by atoms with E-state index in [1.165, 1.54) is 0 Å². The third kappa shape index (κ3) is 3.22. The lowest BCUT2D eigenvalue weighted by Gasteiger charge is -2.19. The Morgan fingerprint density at radius 1 is 1.18 bits per heavy atom. The summed E-state index contributed by atoms with van der Waals surface area (Å²) < 4.78 is 0. The molecule has 3 heteroatoms. The van der Waals surface area contributed by atoms with Gasteiger partial charge in [-0.25, -0.2) is 0 Å². The van der Waals surface area contributed by atoms with Gasteiger partial charge < -0.3 is 10.8 Å². The van der Waals surface area contributed by atoms with Gasteiger partial charge in [0, 0.05) is 0 Å². The summed E-state index contributed by atoms with van der Waals surface area (Å²) in [5.41, 5.74) is 8.29. The molecule has 0 fully saturated rings. The summed E-state index contributed by atoms with van der Waals surface area (Å²) in [4.78, 5) is 11.2. The second-order valence-electron chi connectivity index (χ2n) is 5.06. The molecule has 1 amide bonds. The molecule has 3 N–H and O–H groups in total. The number of carbonyl (C=O) groups excluding carboxylic acids is 1. The molecule has 94 valence electrons. The Bertz CT molecular complexity index is 393. The molecule has 0 aliphatic carbocycles. The first kappa shape index (κ1) is 13.6. The molecule has 0 atom stereocenters. The number of phenols is 1. The molecule has 0 bridgehead atoms. The van der Waals surface area contributed by atoms with E-state index >= 15 is 0 Å². The predicted molar refractivity (Wildman–Crippen MR) is 69.2 cm³/mol. The quantitative estimate of drug-likeness (QED) is 0.842. The molecule has 1 rings (SSSR count). The summed E-state index contributed by atoms with van der Waals surface area (Å²) in [5, 5.41) is 9.73. The van der Waals surface area contributed by atoms with E-state index in [0.717, 1.165) is 16.7 Å². The molecule has 0 saturated carbocycles. The maximum absolute atomic E-state index is 11.2. The van der Waals surface area contributed by atoms with Crippen LogP contribution in [0.15, 0.2) is 12.1 Å². The van der Waals surface area contributed by atoms with Crippen molar-refractivity contribution in [3.05, 3.63) is 28.8 Å². The smallest absolute Gasteiger partial charge is 0.221 e. The molecule has 3 nitrogen and oxygen atoms in total. The first-order chi connectivity index (χ1) is 7.82. The third-order valence-corrected chi connectivity index (χ3v) is 2.90. The average Bonchev–Trinajstić information content (AvgIpc) is 2.18. The summed E-state index contributed by atoms with van der Waals surface area (Å²) in [6, 6.07) is 3.46. The first-order valence-corrected chi connectivity index (χ1v) is 5.96. The molecule has 0 aliphatic heterocycles. The molecule has 0 heterocycles. The van der Waals surface area contributed by atoms with Crippen molar-refractivity contribution in [3.63, 3.8) is 0 Å². The number of aromatic hydroxyl groups is 1. The van der Waals surface area contributed by atoms with Crippen molar-refractivity contribution in [3.8, 4) is 5.75 Å². The molecular formula is C14H21NO2. The van der Waals surface area contributed by atoms with Crippen molar-refractivity contribution in [1.82, 2.24) is 0 Å². The normalized spacial score (nSPS) is 11.2. The van der Waals surface area contributed by atoms with E-state index in [2.05, 4.69) is 0 Å². The van der Waals surface area contributed by atoms with Gasteiger partial charge in [0.15, 0.2) is 0 Å². The van der Waals surface area contributed by atoms with Gasteiger partial charge >= 0.3 is 0 Å². The van der Waals surface area contributed by atoms with Crippen LogP contribution in [0.3, 0.4) is 0 Å². The van der Waals surface area contributed by atoms with Crippen LogP contribution in [0, 0.1) is 0 Å². The summed E-state index contributed by atoms with van der Waals surface area (Å²) in [6.07, 6.45) is 0.237. The SMILES string of the molecule is CC(C)c1cc(O)cc(C(C)C)c1CC(N)=O. The number of rotatable bonds is 4. The maximum atomic E-state index is 11.2. The Morgan fingerprint density at radius 3 is 1.88 bits per heavy atom. The van der Waals surface area contributed by atoms with E-state index < -0.39 is 0 Å². The Morgan fingerprint density at radius 2 is 1.59 bits per heavy atom. The van der Waals surface area contributed by atoms with Gasteiger partial charge in [-0.2, -0.15) is 0 Å². The van der Waals surface area contributed by atoms with Crippen molar-refractivity contribution in [2.45, 2.75) is 46.0 Å². The minimum Gasteiger partial charge on any atom is -0.508 e. The summed E-state index contributed by atoms with van der Waals surface area (Å²) >= 11 is 0. The lowest BCUT2D eigenvalue weighted by Crippen LogP contribution is -2.17. The zero-order valence-corrected chi connectivity index (χ0v) is 10.9.